The maximum absolute atomic E-state index is 15.0. The van der Waals surface area contributed by atoms with Gasteiger partial charge in [0.15, 0.2) is 17.3 Å². The van der Waals surface area contributed by atoms with Crippen LogP contribution in [0, 0.1) is 5.82 Å². The number of imidazole rings is 1. The lowest BCUT2D eigenvalue weighted by atomic mass is 9.93. The number of hydrogen-bond donors (Lipinski definition) is 1. The fraction of sp³-hybridized carbons (Fsp3) is 0.261. The first kappa shape index (κ1) is 19.0. The third-order valence-electron chi connectivity index (χ3n) is 6.04. The van der Waals surface area contributed by atoms with E-state index in [0.717, 1.165) is 5.56 Å². The number of pyridine rings is 1. The summed E-state index contributed by atoms with van der Waals surface area (Å²) in [5, 5.41) is 10.1. The summed E-state index contributed by atoms with van der Waals surface area (Å²) in [6, 6.07) is 8.77. The summed E-state index contributed by atoms with van der Waals surface area (Å²) < 4.78 is 17.0. The monoisotopic (exact) mass is 430 g/mol. The summed E-state index contributed by atoms with van der Waals surface area (Å²) in [7, 11) is 0. The van der Waals surface area contributed by atoms with Crippen LogP contribution in [0.15, 0.2) is 42.7 Å². The maximum Gasteiger partial charge on any atom is 0.254 e. The van der Waals surface area contributed by atoms with Gasteiger partial charge in [-0.25, -0.2) is 24.3 Å². The summed E-state index contributed by atoms with van der Waals surface area (Å²) in [6.07, 6.45) is 2.92. The Morgan fingerprint density at radius 2 is 1.91 bits per heavy atom. The van der Waals surface area contributed by atoms with Gasteiger partial charge >= 0.3 is 0 Å². The summed E-state index contributed by atoms with van der Waals surface area (Å²) in [6.45, 7) is 4.04. The molecule has 0 saturated carbocycles. The van der Waals surface area contributed by atoms with Crippen molar-refractivity contribution in [1.29, 1.82) is 0 Å². The van der Waals surface area contributed by atoms with E-state index in [1.807, 2.05) is 28.8 Å². The van der Waals surface area contributed by atoms with Crippen molar-refractivity contribution in [3.8, 4) is 11.3 Å². The molecule has 0 saturated heterocycles. The Hall–Kier alpha value is -3.72. The van der Waals surface area contributed by atoms with Crippen molar-refractivity contribution in [2.45, 2.75) is 32.0 Å². The molecular weight excluding hydrogens is 411 g/mol. The van der Waals surface area contributed by atoms with Gasteiger partial charge in [0.1, 0.15) is 22.6 Å². The number of carbonyl (C=O) groups excluding carboxylic acids is 1. The molecule has 1 amide bonds. The van der Waals surface area contributed by atoms with Crippen LogP contribution in [0.2, 0.25) is 0 Å². The lowest BCUT2D eigenvalue weighted by molar-refractivity contribution is 0.0656. The van der Waals surface area contributed by atoms with Crippen molar-refractivity contribution < 1.29 is 14.3 Å². The molecule has 2 bridgehead atoms. The van der Waals surface area contributed by atoms with Crippen molar-refractivity contribution in [2.75, 3.05) is 6.54 Å². The second-order valence-electron chi connectivity index (χ2n) is 8.70. The largest absolute Gasteiger partial charge is 0.382 e. The predicted molar refractivity (Wildman–Crippen MR) is 113 cm³/mol. The van der Waals surface area contributed by atoms with Gasteiger partial charge in [0.2, 0.25) is 0 Å². The number of aromatic nitrogens is 5. The van der Waals surface area contributed by atoms with Gasteiger partial charge in [0.25, 0.3) is 5.91 Å². The minimum atomic E-state index is -1.20. The molecule has 2 aliphatic heterocycles. The molecule has 1 aromatic carbocycles. The average Bonchev–Trinajstić information content (AvgIpc) is 3.13. The summed E-state index contributed by atoms with van der Waals surface area (Å²) in [5.74, 6) is 0.371. The minimum absolute atomic E-state index is 0.0148. The molecule has 5 heterocycles. The highest BCUT2D eigenvalue weighted by Gasteiger charge is 2.39. The van der Waals surface area contributed by atoms with E-state index in [1.54, 1.807) is 18.7 Å². The van der Waals surface area contributed by atoms with Crippen molar-refractivity contribution in [1.82, 2.24) is 29.4 Å². The number of fused-ring (bicyclic) bond motifs is 8. The van der Waals surface area contributed by atoms with Crippen LogP contribution in [0.1, 0.15) is 47.5 Å². The molecule has 160 valence electrons. The van der Waals surface area contributed by atoms with Crippen LogP contribution >= 0.6 is 0 Å². The molecule has 0 fully saturated rings. The van der Waals surface area contributed by atoms with Gasteiger partial charge in [-0.15, -0.1) is 0 Å². The fourth-order valence-corrected chi connectivity index (χ4v) is 4.52. The minimum Gasteiger partial charge on any atom is -0.382 e. The molecule has 9 heteroatoms. The Balaban J connectivity index is 1.52. The van der Waals surface area contributed by atoms with Gasteiger partial charge in [0.05, 0.1) is 12.6 Å². The first-order chi connectivity index (χ1) is 15.3. The zero-order chi connectivity index (χ0) is 22.2. The molecule has 0 spiro atoms. The van der Waals surface area contributed by atoms with Crippen LogP contribution in [0.3, 0.4) is 0 Å². The molecule has 0 unspecified atom stereocenters. The number of hydrogen-bond acceptors (Lipinski definition) is 6. The Morgan fingerprint density at radius 3 is 2.66 bits per heavy atom. The Kier molecular flexibility index (Phi) is 3.80. The first-order valence-electron chi connectivity index (χ1n) is 10.3. The Bertz CT molecular complexity index is 1410. The first-order valence-corrected chi connectivity index (χ1v) is 10.3. The van der Waals surface area contributed by atoms with Crippen molar-refractivity contribution in [2.24, 2.45) is 0 Å². The third-order valence-corrected chi connectivity index (χ3v) is 6.04. The Labute approximate surface area is 182 Å². The smallest absolute Gasteiger partial charge is 0.254 e. The van der Waals surface area contributed by atoms with Gasteiger partial charge in [-0.1, -0.05) is 18.2 Å². The molecule has 1 N–H and O–H groups in total. The summed E-state index contributed by atoms with van der Waals surface area (Å²) >= 11 is 0. The van der Waals surface area contributed by atoms with Crippen LogP contribution in [-0.2, 0) is 12.1 Å². The Morgan fingerprint density at radius 1 is 1.16 bits per heavy atom. The van der Waals surface area contributed by atoms with Gasteiger partial charge in [-0.2, -0.15) is 0 Å². The normalized spacial score (nSPS) is 17.4. The molecule has 1 atom stereocenters. The highest BCUT2D eigenvalue weighted by Crippen LogP contribution is 2.38. The highest BCUT2D eigenvalue weighted by atomic mass is 19.1. The van der Waals surface area contributed by atoms with Crippen LogP contribution in [-0.4, -0.2) is 47.0 Å². The fourth-order valence-electron chi connectivity index (χ4n) is 4.52. The SMILES string of the molecule is CC(C)(O)c1ncc(-c2nc3c(cc2F)nc2n3[C@@H]3CN(C2)C(=O)c2ccccc23)cn1. The number of nitrogens with zero attached hydrogens (tertiary/aromatic N) is 6. The zero-order valence-corrected chi connectivity index (χ0v) is 17.4. The van der Waals surface area contributed by atoms with E-state index in [1.165, 1.54) is 18.5 Å². The van der Waals surface area contributed by atoms with Crippen LogP contribution in [0.25, 0.3) is 22.4 Å². The van der Waals surface area contributed by atoms with Crippen molar-refractivity contribution in [3.05, 3.63) is 71.3 Å². The second-order valence-corrected chi connectivity index (χ2v) is 8.70. The number of carbonyl (C=O) groups is 1. The van der Waals surface area contributed by atoms with Crippen molar-refractivity contribution >= 4 is 17.1 Å². The van der Waals surface area contributed by atoms with Gasteiger partial charge in [-0.05, 0) is 25.5 Å². The molecule has 6 rings (SSSR count). The van der Waals surface area contributed by atoms with Crippen LogP contribution in [0.4, 0.5) is 4.39 Å². The zero-order valence-electron chi connectivity index (χ0n) is 17.4. The van der Waals surface area contributed by atoms with E-state index in [4.69, 9.17) is 0 Å². The lowest BCUT2D eigenvalue weighted by Crippen LogP contribution is -2.46. The summed E-state index contributed by atoms with van der Waals surface area (Å²) in [4.78, 5) is 32.2. The van der Waals surface area contributed by atoms with E-state index in [9.17, 15) is 14.3 Å². The van der Waals surface area contributed by atoms with E-state index in [0.29, 0.717) is 41.2 Å². The topological polar surface area (TPSA) is 97.0 Å². The molecule has 3 aromatic heterocycles. The van der Waals surface area contributed by atoms with Crippen LogP contribution < -0.4 is 0 Å². The standard InChI is InChI=1S/C23H19FN6O2/c1-23(2,32)22-25-8-12(9-26-22)19-15(24)7-16-20(28-19)30-17-10-29(11-18(30)27-16)21(31)14-6-4-3-5-13(14)17/h3-9,17,32H,10-11H2,1-2H3/t17-/m1/s1. The van der Waals surface area contributed by atoms with Gasteiger partial charge < -0.3 is 14.6 Å². The number of rotatable bonds is 2. The molecular formula is C23H19FN6O2. The molecule has 8 nitrogen and oxygen atoms in total. The van der Waals surface area contributed by atoms with Crippen molar-refractivity contribution in [3.63, 3.8) is 0 Å². The molecule has 32 heavy (non-hydrogen) atoms. The predicted octanol–water partition coefficient (Wildman–Crippen LogP) is 2.81. The lowest BCUT2D eigenvalue weighted by Gasteiger charge is -2.39. The quantitative estimate of drug-likeness (QED) is 0.525. The average molecular weight is 430 g/mol. The van der Waals surface area contributed by atoms with E-state index in [2.05, 4.69) is 19.9 Å². The van der Waals surface area contributed by atoms with E-state index in [-0.39, 0.29) is 23.5 Å². The number of benzene rings is 1. The maximum atomic E-state index is 15.0. The summed E-state index contributed by atoms with van der Waals surface area (Å²) in [5.41, 5.74) is 1.91. The molecule has 4 aromatic rings. The molecule has 0 aliphatic carbocycles. The molecule has 0 radical (unpaired) electrons. The number of aliphatic hydroxyl groups is 1. The molecule has 2 aliphatic rings. The number of halogens is 1. The number of amides is 1. The van der Waals surface area contributed by atoms with Crippen LogP contribution in [0.5, 0.6) is 0 Å². The van der Waals surface area contributed by atoms with E-state index < -0.39 is 11.4 Å². The van der Waals surface area contributed by atoms with E-state index >= 15 is 0 Å². The third kappa shape index (κ3) is 2.67. The highest BCUT2D eigenvalue weighted by molar-refractivity contribution is 5.97. The second kappa shape index (κ2) is 6.39. The van der Waals surface area contributed by atoms with Gasteiger partial charge in [0, 0.05) is 36.1 Å². The van der Waals surface area contributed by atoms with Gasteiger partial charge in [-0.3, -0.25) is 4.79 Å².